The van der Waals surface area contributed by atoms with E-state index in [4.69, 9.17) is 22.3 Å². The number of carbonyl (C=O) groups is 3. The fourth-order valence-corrected chi connectivity index (χ4v) is 12.7. The number of nitrogens with zero attached hydrogens (tertiary/aromatic N) is 8. The molecule has 0 fully saturated rings. The van der Waals surface area contributed by atoms with E-state index in [2.05, 4.69) is 99.6 Å². The molecule has 0 aliphatic carbocycles. The number of hydrogen-bond acceptors (Lipinski definition) is 15. The van der Waals surface area contributed by atoms with E-state index < -0.39 is 29.5 Å². The number of hydrogen-bond donors (Lipinski definition) is 8. The van der Waals surface area contributed by atoms with E-state index in [0.717, 1.165) is 102 Å². The summed E-state index contributed by atoms with van der Waals surface area (Å²) >= 11 is 0. The number of aromatic amines is 1. The molecule has 3 atom stereocenters. The Morgan fingerprint density at radius 2 is 0.921 bits per heavy atom. The van der Waals surface area contributed by atoms with Crippen molar-refractivity contribution in [3.8, 4) is 0 Å². The van der Waals surface area contributed by atoms with E-state index >= 15 is 0 Å². The maximum atomic E-state index is 13.9. The second kappa shape index (κ2) is 26.6. The predicted molar refractivity (Wildman–Crippen MR) is 343 cm³/mol. The van der Waals surface area contributed by atoms with Gasteiger partial charge in [-0.3, -0.25) is 19.5 Å². The number of carbonyl (C=O) groups excluding carboxylic acids is 2. The minimum atomic E-state index is -0.890. The van der Waals surface area contributed by atoms with Crippen molar-refractivity contribution in [2.45, 2.75) is 75.9 Å². The number of nitrogens with one attached hydrogen (secondary N) is 4. The summed E-state index contributed by atoms with van der Waals surface area (Å²) in [7, 11) is 0. The summed E-state index contributed by atoms with van der Waals surface area (Å²) in [5.41, 5.74) is 31.9. The number of anilines is 9. The van der Waals surface area contributed by atoms with E-state index in [9.17, 15) is 27.6 Å². The Kier molecular flexibility index (Phi) is 18.1. The Morgan fingerprint density at radius 1 is 0.494 bits per heavy atom. The number of halogens is 4. The van der Waals surface area contributed by atoms with Crippen LogP contribution in [0.1, 0.15) is 97.1 Å². The van der Waals surface area contributed by atoms with Gasteiger partial charge in [-0.25, -0.2) is 17.9 Å². The molecule has 0 saturated carbocycles. The maximum Gasteiger partial charge on any atom is 0.311 e. The molecule has 15 rings (SSSR count). The summed E-state index contributed by atoms with van der Waals surface area (Å²) in [6.45, 7) is 6.62. The SMILES string of the molecule is Cl.Nc1c2c(nn1C(=O)C1CCNc3ccc(F)cc31)CN(c1ccccc1)CC2.Nc1n[nH]c2c1CCN(c1ccccc1)C2.Nc1nn(C(=O)C2CCNc3ccc(F)cc32)c2c1CCN(c1ccccc1)C2.O=C(O)C1CCNc2ccc(F)cc21. The molecule has 11 N–H and O–H groups in total. The Labute approximate surface area is 518 Å². The molecule has 0 amide bonds. The van der Waals surface area contributed by atoms with Crippen LogP contribution in [0.15, 0.2) is 146 Å². The highest BCUT2D eigenvalue weighted by Crippen LogP contribution is 2.38. The molecule has 23 heteroatoms. The van der Waals surface area contributed by atoms with Crippen LogP contribution in [-0.4, -0.2) is 91.9 Å². The summed E-state index contributed by atoms with van der Waals surface area (Å²) < 4.78 is 43.4. The molecule has 6 aliphatic heterocycles. The number of nitrogens with two attached hydrogens (primary N) is 3. The summed E-state index contributed by atoms with van der Waals surface area (Å²) in [5, 5.41) is 34.5. The minimum Gasteiger partial charge on any atom is -0.481 e. The highest BCUT2D eigenvalue weighted by Gasteiger charge is 2.35. The van der Waals surface area contributed by atoms with Gasteiger partial charge in [0.1, 0.15) is 34.9 Å². The molecule has 0 saturated heterocycles. The van der Waals surface area contributed by atoms with E-state index in [-0.39, 0.29) is 35.9 Å². The number of carboxylic acid groups (broad SMARTS) is 1. The van der Waals surface area contributed by atoms with Crippen LogP contribution >= 0.6 is 12.4 Å². The largest absolute Gasteiger partial charge is 0.481 e. The number of aromatic nitrogens is 6. The van der Waals surface area contributed by atoms with E-state index in [1.807, 2.05) is 42.5 Å². The van der Waals surface area contributed by atoms with Gasteiger partial charge in [0.15, 0.2) is 0 Å². The lowest BCUT2D eigenvalue weighted by Gasteiger charge is -2.30. The van der Waals surface area contributed by atoms with Crippen LogP contribution in [-0.2, 0) is 43.7 Å². The van der Waals surface area contributed by atoms with Crippen LogP contribution in [0, 0.1) is 17.5 Å². The van der Waals surface area contributed by atoms with Crippen molar-refractivity contribution in [1.29, 1.82) is 0 Å². The van der Waals surface area contributed by atoms with Crippen LogP contribution in [0.4, 0.5) is 64.7 Å². The normalized spacial score (nSPS) is 17.5. The number of fused-ring (bicyclic) bond motifs is 6. The van der Waals surface area contributed by atoms with Crippen LogP contribution < -0.4 is 47.9 Å². The van der Waals surface area contributed by atoms with Gasteiger partial charge in [0.25, 0.3) is 11.8 Å². The van der Waals surface area contributed by atoms with Crippen molar-refractivity contribution in [3.63, 3.8) is 0 Å². The summed E-state index contributed by atoms with van der Waals surface area (Å²) in [4.78, 5) is 44.5. The molecule has 0 bridgehead atoms. The number of H-pyrrole nitrogens is 1. The summed E-state index contributed by atoms with van der Waals surface area (Å²) in [6, 6.07) is 43.9. The lowest BCUT2D eigenvalue weighted by molar-refractivity contribution is -0.139. The fourth-order valence-electron chi connectivity index (χ4n) is 12.7. The van der Waals surface area contributed by atoms with Crippen molar-refractivity contribution in [2.75, 3.05) is 87.1 Å². The first-order chi connectivity index (χ1) is 42.8. The van der Waals surface area contributed by atoms with Crippen LogP contribution in [0.5, 0.6) is 0 Å². The van der Waals surface area contributed by atoms with Gasteiger partial charge in [-0.2, -0.15) is 14.9 Å². The van der Waals surface area contributed by atoms with Gasteiger partial charge >= 0.3 is 5.97 Å². The third-order valence-electron chi connectivity index (χ3n) is 17.2. The average molecular weight is 1230 g/mol. The zero-order valence-electron chi connectivity index (χ0n) is 48.7. The molecule has 19 nitrogen and oxygen atoms in total. The minimum absolute atomic E-state index is 0. The molecule has 0 radical (unpaired) electrons. The Morgan fingerprint density at radius 3 is 1.42 bits per heavy atom. The third-order valence-corrected chi connectivity index (χ3v) is 17.2. The van der Waals surface area contributed by atoms with Crippen molar-refractivity contribution >= 4 is 81.8 Å². The van der Waals surface area contributed by atoms with Crippen molar-refractivity contribution in [3.05, 3.63) is 214 Å². The molecule has 9 aromatic rings. The van der Waals surface area contributed by atoms with Crippen molar-refractivity contribution in [1.82, 2.24) is 29.8 Å². The van der Waals surface area contributed by atoms with Gasteiger partial charge < -0.3 is 53.0 Å². The molecule has 3 aromatic heterocycles. The fraction of sp³-hybridized carbons (Fsp3) is 0.273. The van der Waals surface area contributed by atoms with E-state index in [0.29, 0.717) is 86.1 Å². The van der Waals surface area contributed by atoms with Crippen LogP contribution in [0.2, 0.25) is 0 Å². The molecule has 89 heavy (non-hydrogen) atoms. The number of para-hydroxylation sites is 3. The molecular weight excluding hydrogens is 1160 g/mol. The number of benzene rings is 6. The van der Waals surface area contributed by atoms with Crippen molar-refractivity contribution < 1.29 is 32.7 Å². The lowest BCUT2D eigenvalue weighted by atomic mass is 9.90. The maximum absolute atomic E-state index is 13.9. The van der Waals surface area contributed by atoms with Crippen molar-refractivity contribution in [2.24, 2.45) is 0 Å². The third kappa shape index (κ3) is 12.9. The second-order valence-corrected chi connectivity index (χ2v) is 22.5. The Balaban J connectivity index is 0.000000128. The Bertz CT molecular complexity index is 4010. The summed E-state index contributed by atoms with van der Waals surface area (Å²) in [5.74, 6) is -2.34. The molecule has 6 aromatic carbocycles. The van der Waals surface area contributed by atoms with Gasteiger partial charge in [0.2, 0.25) is 0 Å². The zero-order valence-corrected chi connectivity index (χ0v) is 49.5. The molecule has 6 aliphatic rings. The topological polar surface area (TPSA) is 260 Å². The first-order valence-electron chi connectivity index (χ1n) is 29.6. The molecule has 460 valence electrons. The van der Waals surface area contributed by atoms with Gasteiger partial charge in [-0.05, 0) is 146 Å². The van der Waals surface area contributed by atoms with Crippen LogP contribution in [0.25, 0.3) is 0 Å². The molecular formula is C66H69ClF3N15O4. The van der Waals surface area contributed by atoms with Gasteiger partial charge in [-0.1, -0.05) is 54.6 Å². The zero-order chi connectivity index (χ0) is 61.0. The number of carboxylic acids is 1. The Hall–Kier alpha value is -9.96. The molecule has 0 spiro atoms. The van der Waals surface area contributed by atoms with Gasteiger partial charge in [0, 0.05) is 90.1 Å². The standard InChI is InChI=1S/2C22H22FN5O.C12H14N4.C10H10FNO2.ClH/c23-14-6-7-19-18(12-14)16(8-10-25-19)22(29)28-20-13-27(15-4-2-1-3-5-15)11-9-17(20)21(24)26-28;23-14-6-7-19-18(12-14)16(8-10-25-19)22(29)28-21(24)17-9-11-27(13-20(17)26-28)15-4-2-1-3-5-15;13-12-10-6-7-16(8-11(10)14-15-12)9-4-2-1-3-5-9;11-6-1-2-9-8(5-6)7(10(13)14)3-4-12-9;/h1-7,12,16,25H,8-11,13H2,(H2,24,26);1-7,12,16,25H,8-11,13,24H2;1-5H,6-8H2,(H3,13,14,15);1-2,5,7,12H,3-4H2,(H,13,14);1H. The lowest BCUT2D eigenvalue weighted by Crippen LogP contribution is -2.34. The van der Waals surface area contributed by atoms with E-state index in [1.165, 1.54) is 57.0 Å². The smallest absolute Gasteiger partial charge is 0.311 e. The molecule has 3 unspecified atom stereocenters. The average Bonchev–Trinajstić information content (AvgIpc) is 1.73. The first kappa shape index (κ1) is 60.7. The quantitative estimate of drug-likeness (QED) is 0.0770. The van der Waals surface area contributed by atoms with Crippen LogP contribution in [0.3, 0.4) is 0 Å². The second-order valence-electron chi connectivity index (χ2n) is 22.5. The first-order valence-corrected chi connectivity index (χ1v) is 29.6. The number of rotatable bonds is 6. The van der Waals surface area contributed by atoms with Gasteiger partial charge in [-0.15, -0.1) is 17.5 Å². The highest BCUT2D eigenvalue weighted by molar-refractivity contribution is 5.91. The summed E-state index contributed by atoms with van der Waals surface area (Å²) in [6.07, 6.45) is 4.11. The monoisotopic (exact) mass is 1230 g/mol. The van der Waals surface area contributed by atoms with Gasteiger partial charge in [0.05, 0.1) is 54.5 Å². The number of nitrogen functional groups attached to an aromatic ring is 3. The number of aliphatic carboxylic acids is 1. The highest BCUT2D eigenvalue weighted by atomic mass is 35.5. The predicted octanol–water partition coefficient (Wildman–Crippen LogP) is 10.6. The molecule has 9 heterocycles. The van der Waals surface area contributed by atoms with E-state index in [1.54, 1.807) is 18.2 Å².